The van der Waals surface area contributed by atoms with Gasteiger partial charge in [-0.05, 0) is 122 Å². The van der Waals surface area contributed by atoms with Crippen molar-refractivity contribution in [3.63, 3.8) is 0 Å². The summed E-state index contributed by atoms with van der Waals surface area (Å²) in [6.07, 6.45) is 0. The van der Waals surface area contributed by atoms with Crippen LogP contribution in [-0.2, 0) is 0 Å². The number of hydrogen-bond acceptors (Lipinski definition) is 2. The third kappa shape index (κ3) is 6.04. The standard InChI is InChI=1S/C54H38N2/c1-38(41-26-28-45-36-49(32-30-43(45)34-41)55(47-18-4-2-5-19-47)53-24-12-16-39-14-8-10-22-51(39)53)42-27-29-46-37-50(33-31-44(46)35-42)56(48-20-6-3-7-21-48)54-25-13-17-40-15-9-11-23-52(40)54/h2-37H,1H2. The van der Waals surface area contributed by atoms with Gasteiger partial charge in [-0.2, -0.15) is 0 Å². The maximum Gasteiger partial charge on any atom is 0.0540 e. The van der Waals surface area contributed by atoms with Gasteiger partial charge in [0, 0.05) is 33.5 Å². The molecule has 0 heterocycles. The van der Waals surface area contributed by atoms with Gasteiger partial charge in [0.1, 0.15) is 0 Å². The van der Waals surface area contributed by atoms with Gasteiger partial charge in [-0.1, -0.05) is 152 Å². The molecule has 0 aromatic heterocycles. The van der Waals surface area contributed by atoms with E-state index in [-0.39, 0.29) is 0 Å². The number of hydrogen-bond donors (Lipinski definition) is 0. The fourth-order valence-corrected chi connectivity index (χ4v) is 8.10. The van der Waals surface area contributed by atoms with Gasteiger partial charge in [0.25, 0.3) is 0 Å². The highest BCUT2D eigenvalue weighted by Crippen LogP contribution is 2.42. The number of anilines is 6. The zero-order valence-electron chi connectivity index (χ0n) is 30.9. The molecule has 0 spiro atoms. The minimum absolute atomic E-state index is 1.00. The molecule has 0 amide bonds. The first kappa shape index (κ1) is 33.2. The second-order valence-corrected chi connectivity index (χ2v) is 14.3. The van der Waals surface area contributed by atoms with Gasteiger partial charge < -0.3 is 9.80 Å². The Kier molecular flexibility index (Phi) is 8.35. The predicted octanol–water partition coefficient (Wildman–Crippen LogP) is 15.3. The fourth-order valence-electron chi connectivity index (χ4n) is 8.10. The lowest BCUT2D eigenvalue weighted by molar-refractivity contribution is 1.30. The summed E-state index contributed by atoms with van der Waals surface area (Å²) in [6, 6.07) is 78.4. The lowest BCUT2D eigenvalue weighted by Crippen LogP contribution is -2.10. The van der Waals surface area contributed by atoms with Crippen molar-refractivity contribution in [2.24, 2.45) is 0 Å². The Labute approximate surface area is 327 Å². The van der Waals surface area contributed by atoms with E-state index in [1.807, 2.05) is 0 Å². The largest absolute Gasteiger partial charge is 0.310 e. The summed E-state index contributed by atoms with van der Waals surface area (Å²) in [4.78, 5) is 4.71. The molecule has 264 valence electrons. The summed E-state index contributed by atoms with van der Waals surface area (Å²) < 4.78 is 0. The zero-order chi connectivity index (χ0) is 37.4. The molecule has 0 bridgehead atoms. The quantitative estimate of drug-likeness (QED) is 0.155. The molecule has 0 saturated carbocycles. The van der Waals surface area contributed by atoms with Crippen LogP contribution in [0.4, 0.5) is 34.1 Å². The Morgan fingerprint density at radius 1 is 0.286 bits per heavy atom. The van der Waals surface area contributed by atoms with Gasteiger partial charge in [-0.15, -0.1) is 0 Å². The first-order valence-electron chi connectivity index (χ1n) is 19.1. The molecule has 10 aromatic carbocycles. The first-order valence-corrected chi connectivity index (χ1v) is 19.1. The van der Waals surface area contributed by atoms with E-state index in [1.54, 1.807) is 0 Å². The monoisotopic (exact) mass is 714 g/mol. The van der Waals surface area contributed by atoms with E-state index in [0.29, 0.717) is 0 Å². The van der Waals surface area contributed by atoms with Crippen LogP contribution in [0.15, 0.2) is 225 Å². The van der Waals surface area contributed by atoms with Gasteiger partial charge in [0.15, 0.2) is 0 Å². The minimum Gasteiger partial charge on any atom is -0.310 e. The van der Waals surface area contributed by atoms with Crippen LogP contribution in [0.1, 0.15) is 11.1 Å². The molecule has 10 rings (SSSR count). The normalized spacial score (nSPS) is 11.3. The van der Waals surface area contributed by atoms with Crippen LogP contribution in [0.2, 0.25) is 0 Å². The summed E-state index contributed by atoms with van der Waals surface area (Å²) in [5.74, 6) is 0. The fraction of sp³-hybridized carbons (Fsp3) is 0. The number of benzene rings is 10. The van der Waals surface area contributed by atoms with Crippen molar-refractivity contribution in [1.29, 1.82) is 0 Å². The maximum absolute atomic E-state index is 4.60. The van der Waals surface area contributed by atoms with E-state index in [1.165, 1.54) is 43.1 Å². The van der Waals surface area contributed by atoms with Gasteiger partial charge >= 0.3 is 0 Å². The van der Waals surface area contributed by atoms with Crippen LogP contribution in [0.3, 0.4) is 0 Å². The van der Waals surface area contributed by atoms with Crippen molar-refractivity contribution >= 4 is 82.8 Å². The molecule has 56 heavy (non-hydrogen) atoms. The Morgan fingerprint density at radius 2 is 0.661 bits per heavy atom. The Morgan fingerprint density at radius 3 is 1.12 bits per heavy atom. The van der Waals surface area contributed by atoms with Gasteiger partial charge in [-0.3, -0.25) is 0 Å². The van der Waals surface area contributed by atoms with Crippen molar-refractivity contribution in [3.05, 3.63) is 236 Å². The second-order valence-electron chi connectivity index (χ2n) is 14.3. The van der Waals surface area contributed by atoms with E-state index >= 15 is 0 Å². The van der Waals surface area contributed by atoms with E-state index in [9.17, 15) is 0 Å². The molecule has 0 radical (unpaired) electrons. The highest BCUT2D eigenvalue weighted by molar-refractivity contribution is 6.02. The molecule has 0 N–H and O–H groups in total. The lowest BCUT2D eigenvalue weighted by atomic mass is 9.94. The molecular formula is C54H38N2. The van der Waals surface area contributed by atoms with Crippen molar-refractivity contribution < 1.29 is 0 Å². The van der Waals surface area contributed by atoms with E-state index in [2.05, 4.69) is 235 Å². The van der Waals surface area contributed by atoms with Crippen molar-refractivity contribution in [1.82, 2.24) is 0 Å². The average Bonchev–Trinajstić information content (AvgIpc) is 3.27. The Balaban J connectivity index is 0.979. The number of rotatable bonds is 8. The summed E-state index contributed by atoms with van der Waals surface area (Å²) >= 11 is 0. The Hall–Kier alpha value is -7.42. The van der Waals surface area contributed by atoms with Gasteiger partial charge in [-0.25, -0.2) is 0 Å². The summed E-state index contributed by atoms with van der Waals surface area (Å²) in [6.45, 7) is 4.60. The van der Waals surface area contributed by atoms with E-state index in [0.717, 1.165) is 50.8 Å². The molecule has 0 unspecified atom stereocenters. The first-order chi connectivity index (χ1) is 27.7. The summed E-state index contributed by atoms with van der Waals surface area (Å²) in [5, 5.41) is 9.60. The molecule has 2 nitrogen and oxygen atoms in total. The van der Waals surface area contributed by atoms with Crippen LogP contribution in [0, 0.1) is 0 Å². The topological polar surface area (TPSA) is 6.48 Å². The molecule has 0 aliphatic carbocycles. The molecule has 0 aliphatic heterocycles. The number of para-hydroxylation sites is 2. The van der Waals surface area contributed by atoms with E-state index in [4.69, 9.17) is 0 Å². The van der Waals surface area contributed by atoms with Crippen LogP contribution >= 0.6 is 0 Å². The molecule has 0 fully saturated rings. The Bertz CT molecular complexity index is 2840. The second kappa shape index (κ2) is 14.1. The number of nitrogens with zero attached hydrogens (tertiary/aromatic N) is 2. The van der Waals surface area contributed by atoms with Crippen LogP contribution < -0.4 is 9.80 Å². The predicted molar refractivity (Wildman–Crippen MR) is 240 cm³/mol. The molecule has 2 heteroatoms. The van der Waals surface area contributed by atoms with Gasteiger partial charge in [0.2, 0.25) is 0 Å². The molecule has 0 atom stereocenters. The highest BCUT2D eigenvalue weighted by Gasteiger charge is 2.18. The summed E-state index contributed by atoms with van der Waals surface area (Å²) in [7, 11) is 0. The highest BCUT2D eigenvalue weighted by atomic mass is 15.1. The lowest BCUT2D eigenvalue weighted by Gasteiger charge is -2.27. The van der Waals surface area contributed by atoms with E-state index < -0.39 is 0 Å². The van der Waals surface area contributed by atoms with Crippen LogP contribution in [-0.4, -0.2) is 0 Å². The summed E-state index contributed by atoms with van der Waals surface area (Å²) in [5.41, 5.74) is 10.0. The number of fused-ring (bicyclic) bond motifs is 4. The van der Waals surface area contributed by atoms with Crippen LogP contribution in [0.25, 0.3) is 48.7 Å². The molecular weight excluding hydrogens is 677 g/mol. The van der Waals surface area contributed by atoms with Gasteiger partial charge in [0.05, 0.1) is 11.4 Å². The smallest absolute Gasteiger partial charge is 0.0540 e. The van der Waals surface area contributed by atoms with Crippen LogP contribution in [0.5, 0.6) is 0 Å². The maximum atomic E-state index is 4.60. The van der Waals surface area contributed by atoms with Crippen molar-refractivity contribution in [2.45, 2.75) is 0 Å². The molecule has 10 aromatic rings. The van der Waals surface area contributed by atoms with Crippen molar-refractivity contribution in [3.8, 4) is 0 Å². The average molecular weight is 715 g/mol. The van der Waals surface area contributed by atoms with Crippen molar-refractivity contribution in [2.75, 3.05) is 9.80 Å². The third-order valence-corrected chi connectivity index (χ3v) is 10.9. The zero-order valence-corrected chi connectivity index (χ0v) is 30.9. The molecule has 0 saturated heterocycles. The minimum atomic E-state index is 1.00. The third-order valence-electron chi connectivity index (χ3n) is 10.9. The molecule has 0 aliphatic rings. The SMILES string of the molecule is C=C(c1ccc2cc(N(c3ccccc3)c3cccc4ccccc34)ccc2c1)c1ccc2cc(N(c3ccccc3)c3cccc4ccccc34)ccc2c1.